The zero-order valence-corrected chi connectivity index (χ0v) is 12.3. The van der Waals surface area contributed by atoms with E-state index in [1.54, 1.807) is 11.3 Å². The summed E-state index contributed by atoms with van der Waals surface area (Å²) < 4.78 is 0. The van der Waals surface area contributed by atoms with Gasteiger partial charge in [-0.3, -0.25) is 4.79 Å². The summed E-state index contributed by atoms with van der Waals surface area (Å²) in [4.78, 5) is 14.0. The van der Waals surface area contributed by atoms with Crippen molar-refractivity contribution in [3.63, 3.8) is 0 Å². The van der Waals surface area contributed by atoms with Crippen LogP contribution in [-0.4, -0.2) is 11.6 Å². The normalized spacial score (nSPS) is 11.6. The average Bonchev–Trinajstić information content (AvgIpc) is 2.85. The van der Waals surface area contributed by atoms with Crippen LogP contribution in [0.4, 0.5) is 0 Å². The molecule has 0 atom stereocenters. The standard InChI is InChI=1S/C14H22N2OS/c1-4-6-7-8-14(17)16-15-11(3)13-10-9-12(5-2)18-13/h9-10H,4-8H2,1-3H3,(H,16,17)/b15-11+. The van der Waals surface area contributed by atoms with Crippen molar-refractivity contribution in [2.24, 2.45) is 5.10 Å². The van der Waals surface area contributed by atoms with E-state index in [1.807, 2.05) is 6.92 Å². The molecule has 0 saturated carbocycles. The second-order valence-electron chi connectivity index (χ2n) is 4.31. The Bertz CT molecular complexity index is 410. The molecule has 0 fully saturated rings. The van der Waals surface area contributed by atoms with Crippen LogP contribution in [0.25, 0.3) is 0 Å². The van der Waals surface area contributed by atoms with Gasteiger partial charge in [0.25, 0.3) is 0 Å². The summed E-state index contributed by atoms with van der Waals surface area (Å²) in [6.07, 6.45) is 4.78. The molecule has 100 valence electrons. The lowest BCUT2D eigenvalue weighted by atomic mass is 10.2. The molecule has 1 aromatic heterocycles. The number of aryl methyl sites for hydroxylation is 1. The summed E-state index contributed by atoms with van der Waals surface area (Å²) in [5, 5.41) is 4.15. The van der Waals surface area contributed by atoms with E-state index in [2.05, 4.69) is 36.5 Å². The second-order valence-corrected chi connectivity index (χ2v) is 5.48. The molecule has 1 rings (SSSR count). The predicted molar refractivity (Wildman–Crippen MR) is 78.2 cm³/mol. The summed E-state index contributed by atoms with van der Waals surface area (Å²) in [6.45, 7) is 6.19. The number of hydrogen-bond donors (Lipinski definition) is 1. The Labute approximate surface area is 113 Å². The van der Waals surface area contributed by atoms with E-state index >= 15 is 0 Å². The van der Waals surface area contributed by atoms with Crippen molar-refractivity contribution in [2.45, 2.75) is 52.9 Å². The molecular formula is C14H22N2OS. The minimum absolute atomic E-state index is 0.00933. The van der Waals surface area contributed by atoms with Crippen LogP contribution in [0.1, 0.15) is 56.2 Å². The van der Waals surface area contributed by atoms with Crippen molar-refractivity contribution in [3.05, 3.63) is 21.9 Å². The number of carbonyl (C=O) groups excluding carboxylic acids is 1. The molecule has 0 spiro atoms. The Morgan fingerprint density at radius 1 is 1.33 bits per heavy atom. The van der Waals surface area contributed by atoms with Gasteiger partial charge in [0.2, 0.25) is 5.91 Å². The molecule has 0 aliphatic rings. The van der Waals surface area contributed by atoms with Crippen LogP contribution < -0.4 is 5.43 Å². The SMILES string of the molecule is CCCCCC(=O)N/N=C(\C)c1ccc(CC)s1. The quantitative estimate of drug-likeness (QED) is 0.456. The first-order chi connectivity index (χ1) is 8.67. The molecule has 0 saturated heterocycles. The Balaban J connectivity index is 2.43. The molecule has 0 radical (unpaired) electrons. The molecule has 4 heteroatoms. The van der Waals surface area contributed by atoms with E-state index in [4.69, 9.17) is 0 Å². The third kappa shape index (κ3) is 5.00. The van der Waals surface area contributed by atoms with Gasteiger partial charge in [0.15, 0.2) is 0 Å². The third-order valence-corrected chi connectivity index (χ3v) is 4.06. The van der Waals surface area contributed by atoms with E-state index in [-0.39, 0.29) is 5.91 Å². The van der Waals surface area contributed by atoms with Gasteiger partial charge in [-0.25, -0.2) is 5.43 Å². The topological polar surface area (TPSA) is 41.5 Å². The highest BCUT2D eigenvalue weighted by molar-refractivity contribution is 7.14. The highest BCUT2D eigenvalue weighted by Gasteiger charge is 2.03. The highest BCUT2D eigenvalue weighted by atomic mass is 32.1. The number of carbonyl (C=O) groups is 1. The van der Waals surface area contributed by atoms with Crippen LogP contribution in [0.2, 0.25) is 0 Å². The van der Waals surface area contributed by atoms with Gasteiger partial charge in [0.1, 0.15) is 0 Å². The lowest BCUT2D eigenvalue weighted by molar-refractivity contribution is -0.121. The lowest BCUT2D eigenvalue weighted by Gasteiger charge is -2.00. The first-order valence-electron chi connectivity index (χ1n) is 6.59. The van der Waals surface area contributed by atoms with Crippen molar-refractivity contribution < 1.29 is 4.79 Å². The number of hydrogen-bond acceptors (Lipinski definition) is 3. The monoisotopic (exact) mass is 266 g/mol. The maximum Gasteiger partial charge on any atom is 0.240 e. The molecule has 0 unspecified atom stereocenters. The van der Waals surface area contributed by atoms with Gasteiger partial charge in [0.05, 0.1) is 10.6 Å². The second kappa shape index (κ2) is 8.03. The van der Waals surface area contributed by atoms with Crippen molar-refractivity contribution in [1.82, 2.24) is 5.43 Å². The van der Waals surface area contributed by atoms with Crippen LogP contribution in [0, 0.1) is 0 Å². The minimum Gasteiger partial charge on any atom is -0.273 e. The van der Waals surface area contributed by atoms with Crippen molar-refractivity contribution in [3.8, 4) is 0 Å². The summed E-state index contributed by atoms with van der Waals surface area (Å²) in [7, 11) is 0. The van der Waals surface area contributed by atoms with Crippen LogP contribution in [0.15, 0.2) is 17.2 Å². The molecule has 3 nitrogen and oxygen atoms in total. The van der Waals surface area contributed by atoms with Gasteiger partial charge in [-0.15, -0.1) is 11.3 Å². The minimum atomic E-state index is 0.00933. The molecule has 1 N–H and O–H groups in total. The number of nitrogens with zero attached hydrogens (tertiary/aromatic N) is 1. The molecule has 0 bridgehead atoms. The highest BCUT2D eigenvalue weighted by Crippen LogP contribution is 2.17. The summed E-state index contributed by atoms with van der Waals surface area (Å²) in [5.74, 6) is 0.00933. The Kier molecular flexibility index (Phi) is 6.65. The number of nitrogens with one attached hydrogen (secondary N) is 1. The molecule has 0 aliphatic heterocycles. The van der Waals surface area contributed by atoms with E-state index in [0.717, 1.165) is 36.3 Å². The molecule has 0 aromatic carbocycles. The summed E-state index contributed by atoms with van der Waals surface area (Å²) >= 11 is 1.73. The number of unbranched alkanes of at least 4 members (excludes halogenated alkanes) is 2. The fourth-order valence-electron chi connectivity index (χ4n) is 1.56. The van der Waals surface area contributed by atoms with Crippen molar-refractivity contribution >= 4 is 23.0 Å². The fraction of sp³-hybridized carbons (Fsp3) is 0.571. The zero-order chi connectivity index (χ0) is 13.4. The van der Waals surface area contributed by atoms with Gasteiger partial charge in [-0.2, -0.15) is 5.10 Å². The van der Waals surface area contributed by atoms with Gasteiger partial charge >= 0.3 is 0 Å². The number of amides is 1. The molecular weight excluding hydrogens is 244 g/mol. The van der Waals surface area contributed by atoms with Gasteiger partial charge in [-0.05, 0) is 31.9 Å². The maximum absolute atomic E-state index is 11.5. The zero-order valence-electron chi connectivity index (χ0n) is 11.5. The van der Waals surface area contributed by atoms with E-state index in [1.165, 1.54) is 4.88 Å². The average molecular weight is 266 g/mol. The van der Waals surface area contributed by atoms with E-state index in [0.29, 0.717) is 6.42 Å². The number of hydrazone groups is 1. The Morgan fingerprint density at radius 3 is 2.72 bits per heavy atom. The number of rotatable bonds is 7. The molecule has 1 aromatic rings. The fourth-order valence-corrected chi connectivity index (χ4v) is 2.45. The van der Waals surface area contributed by atoms with Gasteiger partial charge < -0.3 is 0 Å². The molecule has 1 amide bonds. The van der Waals surface area contributed by atoms with Crippen LogP contribution >= 0.6 is 11.3 Å². The van der Waals surface area contributed by atoms with Gasteiger partial charge in [0, 0.05) is 11.3 Å². The molecule has 0 aliphatic carbocycles. The first kappa shape index (κ1) is 14.9. The largest absolute Gasteiger partial charge is 0.273 e. The van der Waals surface area contributed by atoms with Crippen LogP contribution in [0.3, 0.4) is 0 Å². The summed E-state index contributed by atoms with van der Waals surface area (Å²) in [6, 6.07) is 4.17. The van der Waals surface area contributed by atoms with Crippen molar-refractivity contribution in [1.29, 1.82) is 0 Å². The molecule has 1 heterocycles. The van der Waals surface area contributed by atoms with E-state index in [9.17, 15) is 4.79 Å². The predicted octanol–water partition coefficient (Wildman–Crippen LogP) is 3.73. The summed E-state index contributed by atoms with van der Waals surface area (Å²) in [5.41, 5.74) is 3.50. The Morgan fingerprint density at radius 2 is 2.11 bits per heavy atom. The Hall–Kier alpha value is -1.16. The van der Waals surface area contributed by atoms with Crippen LogP contribution in [-0.2, 0) is 11.2 Å². The van der Waals surface area contributed by atoms with Gasteiger partial charge in [-0.1, -0.05) is 26.7 Å². The van der Waals surface area contributed by atoms with Crippen LogP contribution in [0.5, 0.6) is 0 Å². The molecule has 18 heavy (non-hydrogen) atoms. The lowest BCUT2D eigenvalue weighted by Crippen LogP contribution is -2.18. The smallest absolute Gasteiger partial charge is 0.240 e. The van der Waals surface area contributed by atoms with E-state index < -0.39 is 0 Å². The number of thiophene rings is 1. The maximum atomic E-state index is 11.5. The van der Waals surface area contributed by atoms with Crippen molar-refractivity contribution in [2.75, 3.05) is 0 Å². The first-order valence-corrected chi connectivity index (χ1v) is 7.41. The third-order valence-electron chi connectivity index (χ3n) is 2.72.